The molecule has 0 saturated heterocycles. The summed E-state index contributed by atoms with van der Waals surface area (Å²) in [6.45, 7) is 2.41. The lowest BCUT2D eigenvalue weighted by Crippen LogP contribution is -2.25. The Bertz CT molecular complexity index is 1310. The van der Waals surface area contributed by atoms with E-state index in [9.17, 15) is 9.59 Å². The Labute approximate surface area is 206 Å². The molecule has 0 aliphatic carbocycles. The molecule has 2 amide bonds. The first-order chi connectivity index (χ1) is 17.0. The molecule has 0 aliphatic rings. The van der Waals surface area contributed by atoms with E-state index < -0.39 is 0 Å². The van der Waals surface area contributed by atoms with Crippen LogP contribution < -0.4 is 15.4 Å². The van der Waals surface area contributed by atoms with Crippen LogP contribution in [-0.4, -0.2) is 44.9 Å². The van der Waals surface area contributed by atoms with Gasteiger partial charge >= 0.3 is 0 Å². The molecule has 0 aliphatic heterocycles. The van der Waals surface area contributed by atoms with E-state index in [1.807, 2.05) is 43.3 Å². The van der Waals surface area contributed by atoms with Crippen LogP contribution in [0.3, 0.4) is 0 Å². The molecule has 9 nitrogen and oxygen atoms in total. The van der Waals surface area contributed by atoms with Crippen molar-refractivity contribution in [2.75, 3.05) is 18.2 Å². The first kappa shape index (κ1) is 24.0. The molecular weight excluding hydrogens is 464 g/mol. The molecule has 178 valence electrons. The van der Waals surface area contributed by atoms with Gasteiger partial charge in [-0.3, -0.25) is 9.59 Å². The lowest BCUT2D eigenvalue weighted by atomic mass is 10.1. The van der Waals surface area contributed by atoms with E-state index in [0.29, 0.717) is 23.0 Å². The Balaban J connectivity index is 1.36. The number of hydrogen-bond donors (Lipinski definition) is 2. The van der Waals surface area contributed by atoms with Gasteiger partial charge in [0.2, 0.25) is 11.1 Å². The highest BCUT2D eigenvalue weighted by molar-refractivity contribution is 7.99. The summed E-state index contributed by atoms with van der Waals surface area (Å²) in [5.74, 6) is 0.239. The number of para-hydroxylation sites is 1. The summed E-state index contributed by atoms with van der Waals surface area (Å²) in [6.07, 6.45) is 0. The van der Waals surface area contributed by atoms with Crippen molar-refractivity contribution in [1.29, 1.82) is 0 Å². The van der Waals surface area contributed by atoms with Crippen molar-refractivity contribution in [3.63, 3.8) is 0 Å². The minimum absolute atomic E-state index is 0.0653. The summed E-state index contributed by atoms with van der Waals surface area (Å²) < 4.78 is 6.72. The lowest BCUT2D eigenvalue weighted by molar-refractivity contribution is -0.113. The van der Waals surface area contributed by atoms with E-state index in [0.717, 1.165) is 22.6 Å². The van der Waals surface area contributed by atoms with Crippen LogP contribution in [0.4, 0.5) is 5.69 Å². The molecule has 0 unspecified atom stereocenters. The fraction of sp³-hybridized carbons (Fsp3) is 0.160. The third-order valence-electron chi connectivity index (χ3n) is 5.11. The third kappa shape index (κ3) is 6.24. The number of ether oxygens (including phenoxy) is 1. The molecule has 0 fully saturated rings. The number of hydrogen-bond acceptors (Lipinski definition) is 7. The summed E-state index contributed by atoms with van der Waals surface area (Å²) in [5.41, 5.74) is 3.73. The summed E-state index contributed by atoms with van der Waals surface area (Å²) in [7, 11) is 1.59. The molecule has 4 rings (SSSR count). The van der Waals surface area contributed by atoms with Crippen molar-refractivity contribution in [3.8, 4) is 11.4 Å². The van der Waals surface area contributed by atoms with E-state index in [1.54, 1.807) is 48.2 Å². The van der Waals surface area contributed by atoms with E-state index in [-0.39, 0.29) is 17.6 Å². The number of methoxy groups -OCH3 is 1. The maximum atomic E-state index is 12.8. The highest BCUT2D eigenvalue weighted by Crippen LogP contribution is 2.21. The van der Waals surface area contributed by atoms with Gasteiger partial charge in [-0.05, 0) is 59.3 Å². The second-order valence-corrected chi connectivity index (χ2v) is 8.56. The summed E-state index contributed by atoms with van der Waals surface area (Å²) in [6, 6.07) is 22.1. The number of tetrazole rings is 1. The molecule has 10 heteroatoms. The number of aromatic nitrogens is 4. The van der Waals surface area contributed by atoms with Crippen LogP contribution in [0.1, 0.15) is 21.5 Å². The highest BCUT2D eigenvalue weighted by Gasteiger charge is 2.15. The summed E-state index contributed by atoms with van der Waals surface area (Å²) in [5, 5.41) is 17.9. The first-order valence-electron chi connectivity index (χ1n) is 10.8. The van der Waals surface area contributed by atoms with Gasteiger partial charge in [0.15, 0.2) is 0 Å². The van der Waals surface area contributed by atoms with Crippen LogP contribution in [0.2, 0.25) is 0 Å². The molecule has 35 heavy (non-hydrogen) atoms. The molecule has 0 saturated carbocycles. The molecule has 4 aromatic rings. The normalized spacial score (nSPS) is 10.6. The maximum absolute atomic E-state index is 12.8. The van der Waals surface area contributed by atoms with Crippen molar-refractivity contribution in [3.05, 3.63) is 89.5 Å². The second-order valence-electron chi connectivity index (χ2n) is 7.62. The predicted octanol–water partition coefficient (Wildman–Crippen LogP) is 3.64. The fourth-order valence-corrected chi connectivity index (χ4v) is 3.94. The van der Waals surface area contributed by atoms with Crippen LogP contribution in [0.25, 0.3) is 5.69 Å². The van der Waals surface area contributed by atoms with Gasteiger partial charge < -0.3 is 15.4 Å². The average Bonchev–Trinajstić information content (AvgIpc) is 3.36. The van der Waals surface area contributed by atoms with Crippen LogP contribution >= 0.6 is 11.8 Å². The number of amides is 2. The quantitative estimate of drug-likeness (QED) is 0.346. The van der Waals surface area contributed by atoms with E-state index in [2.05, 4.69) is 26.2 Å². The number of benzene rings is 3. The molecule has 1 aromatic heterocycles. The molecule has 3 aromatic carbocycles. The van der Waals surface area contributed by atoms with Gasteiger partial charge in [0.1, 0.15) is 5.75 Å². The van der Waals surface area contributed by atoms with Crippen LogP contribution in [0.5, 0.6) is 5.75 Å². The van der Waals surface area contributed by atoms with Gasteiger partial charge in [-0.15, -0.1) is 5.10 Å². The zero-order chi connectivity index (χ0) is 24.6. The van der Waals surface area contributed by atoms with Gasteiger partial charge in [-0.2, -0.15) is 4.68 Å². The number of aryl methyl sites for hydroxylation is 1. The van der Waals surface area contributed by atoms with Crippen LogP contribution in [-0.2, 0) is 11.3 Å². The van der Waals surface area contributed by atoms with E-state index in [1.165, 1.54) is 11.8 Å². The fourth-order valence-electron chi connectivity index (χ4n) is 3.24. The van der Waals surface area contributed by atoms with Crippen molar-refractivity contribution in [1.82, 2.24) is 25.5 Å². The zero-order valence-electron chi connectivity index (χ0n) is 19.3. The molecule has 0 spiro atoms. The maximum Gasteiger partial charge on any atom is 0.253 e. The molecule has 0 radical (unpaired) electrons. The molecule has 0 atom stereocenters. The topological polar surface area (TPSA) is 111 Å². The number of carbonyl (C=O) groups excluding carboxylic acids is 2. The van der Waals surface area contributed by atoms with Gasteiger partial charge in [-0.1, -0.05) is 53.7 Å². The number of thioether (sulfide) groups is 1. The monoisotopic (exact) mass is 488 g/mol. The van der Waals surface area contributed by atoms with Crippen molar-refractivity contribution < 1.29 is 14.3 Å². The predicted molar refractivity (Wildman–Crippen MR) is 134 cm³/mol. The second kappa shape index (κ2) is 11.3. The molecule has 1 heterocycles. The Kier molecular flexibility index (Phi) is 7.74. The Morgan fingerprint density at radius 1 is 1.00 bits per heavy atom. The summed E-state index contributed by atoms with van der Waals surface area (Å²) in [4.78, 5) is 25.4. The highest BCUT2D eigenvalue weighted by atomic mass is 32.2. The van der Waals surface area contributed by atoms with E-state index in [4.69, 9.17) is 4.74 Å². The third-order valence-corrected chi connectivity index (χ3v) is 6.03. The Morgan fingerprint density at radius 2 is 1.74 bits per heavy atom. The molecule has 0 bridgehead atoms. The number of rotatable bonds is 9. The zero-order valence-corrected chi connectivity index (χ0v) is 20.1. The van der Waals surface area contributed by atoms with Gasteiger partial charge in [0.25, 0.3) is 5.91 Å². The van der Waals surface area contributed by atoms with Crippen molar-refractivity contribution in [2.45, 2.75) is 18.6 Å². The number of anilines is 1. The SMILES string of the molecule is COc1ccc(-n2nnnc2SCC(=O)Nc2ccccc2C(=O)NCc2ccc(C)cc2)cc1. The largest absolute Gasteiger partial charge is 0.497 e. The van der Waals surface area contributed by atoms with Gasteiger partial charge in [0, 0.05) is 6.54 Å². The average molecular weight is 489 g/mol. The van der Waals surface area contributed by atoms with Crippen LogP contribution in [0, 0.1) is 6.92 Å². The first-order valence-corrected chi connectivity index (χ1v) is 11.8. The van der Waals surface area contributed by atoms with E-state index >= 15 is 0 Å². The lowest BCUT2D eigenvalue weighted by Gasteiger charge is -2.12. The van der Waals surface area contributed by atoms with Crippen LogP contribution in [0.15, 0.2) is 78.0 Å². The Hall–Kier alpha value is -4.18. The number of nitrogens with one attached hydrogen (secondary N) is 2. The van der Waals surface area contributed by atoms with Crippen molar-refractivity contribution in [2.24, 2.45) is 0 Å². The minimum atomic E-state index is -0.280. The van der Waals surface area contributed by atoms with Crippen molar-refractivity contribution >= 4 is 29.3 Å². The van der Waals surface area contributed by atoms with Gasteiger partial charge in [-0.25, -0.2) is 0 Å². The number of nitrogens with zero attached hydrogens (tertiary/aromatic N) is 4. The van der Waals surface area contributed by atoms with Gasteiger partial charge in [0.05, 0.1) is 29.8 Å². The molecule has 2 N–H and O–H groups in total. The number of carbonyl (C=O) groups is 2. The minimum Gasteiger partial charge on any atom is -0.497 e. The Morgan fingerprint density at radius 3 is 2.49 bits per heavy atom. The smallest absolute Gasteiger partial charge is 0.253 e. The summed E-state index contributed by atoms with van der Waals surface area (Å²) >= 11 is 1.19. The standard InChI is InChI=1S/C25H24N6O3S/c1-17-7-9-18(10-8-17)15-26-24(33)21-5-3-4-6-22(21)27-23(32)16-35-25-28-29-30-31(25)19-11-13-20(34-2)14-12-19/h3-14H,15-16H2,1-2H3,(H,26,33)(H,27,32). The molecular formula is C25H24N6O3S.